The first-order valence-corrected chi connectivity index (χ1v) is 9.17. The van der Waals surface area contributed by atoms with E-state index in [9.17, 15) is 4.79 Å². The first-order chi connectivity index (χ1) is 12.8. The van der Waals surface area contributed by atoms with Crippen LogP contribution in [0.4, 0.5) is 0 Å². The van der Waals surface area contributed by atoms with Crippen LogP contribution in [0.15, 0.2) is 48.7 Å². The summed E-state index contributed by atoms with van der Waals surface area (Å²) >= 11 is 0. The van der Waals surface area contributed by atoms with Crippen molar-refractivity contribution in [2.24, 2.45) is 5.92 Å². The highest BCUT2D eigenvalue weighted by molar-refractivity contribution is 5.98. The summed E-state index contributed by atoms with van der Waals surface area (Å²) in [6.45, 7) is 2.28. The third kappa shape index (κ3) is 3.37. The summed E-state index contributed by atoms with van der Waals surface area (Å²) in [6, 6.07) is 14.6. The number of fused-ring (bicyclic) bond motifs is 2. The van der Waals surface area contributed by atoms with Gasteiger partial charge in [-0.05, 0) is 30.5 Å². The van der Waals surface area contributed by atoms with Gasteiger partial charge < -0.3 is 9.47 Å². The zero-order valence-corrected chi connectivity index (χ0v) is 15.0. The molecule has 5 nitrogen and oxygen atoms in total. The van der Waals surface area contributed by atoms with Crippen molar-refractivity contribution in [2.45, 2.75) is 31.5 Å². The van der Waals surface area contributed by atoms with Gasteiger partial charge in [0.1, 0.15) is 11.4 Å². The van der Waals surface area contributed by atoms with E-state index in [2.05, 4.69) is 34.1 Å². The molecule has 2 bridgehead atoms. The van der Waals surface area contributed by atoms with E-state index in [-0.39, 0.29) is 23.8 Å². The van der Waals surface area contributed by atoms with Gasteiger partial charge in [0, 0.05) is 30.7 Å². The maximum absolute atomic E-state index is 13.1. The highest BCUT2D eigenvalue weighted by Crippen LogP contribution is 2.35. The van der Waals surface area contributed by atoms with E-state index in [0.29, 0.717) is 24.7 Å². The highest BCUT2D eigenvalue weighted by Gasteiger charge is 2.42. The van der Waals surface area contributed by atoms with Crippen LogP contribution in [0, 0.1) is 5.92 Å². The third-order valence-corrected chi connectivity index (χ3v) is 5.47. The summed E-state index contributed by atoms with van der Waals surface area (Å²) in [5, 5.41) is 0. The molecule has 0 amide bonds. The fourth-order valence-electron chi connectivity index (χ4n) is 4.19. The number of ketones is 1. The van der Waals surface area contributed by atoms with Crippen molar-refractivity contribution in [3.8, 4) is 5.75 Å². The van der Waals surface area contributed by atoms with Crippen LogP contribution in [-0.2, 0) is 11.3 Å². The lowest BCUT2D eigenvalue weighted by molar-refractivity contribution is -0.0873. The number of ether oxygens (including phenoxy) is 2. The van der Waals surface area contributed by atoms with Crippen LogP contribution in [0.2, 0.25) is 0 Å². The first-order valence-electron chi connectivity index (χ1n) is 9.17. The van der Waals surface area contributed by atoms with E-state index >= 15 is 0 Å². The lowest BCUT2D eigenvalue weighted by atomic mass is 9.81. The molecule has 0 saturated carbocycles. The number of rotatable bonds is 5. The minimum atomic E-state index is -0.0234. The molecule has 2 atom stereocenters. The van der Waals surface area contributed by atoms with Crippen molar-refractivity contribution in [2.75, 3.05) is 20.3 Å². The number of carbonyl (C=O) groups is 1. The van der Waals surface area contributed by atoms with E-state index in [4.69, 9.17) is 9.47 Å². The van der Waals surface area contributed by atoms with Crippen LogP contribution < -0.4 is 4.74 Å². The fourth-order valence-corrected chi connectivity index (χ4v) is 4.19. The SMILES string of the molecule is COc1cccnc1C(=O)C1CC2COCC(C1)N2Cc1ccccc1. The Balaban J connectivity index is 1.51. The Morgan fingerprint density at radius 3 is 2.58 bits per heavy atom. The summed E-state index contributed by atoms with van der Waals surface area (Å²) in [6.07, 6.45) is 3.27. The molecule has 2 fully saturated rings. The van der Waals surface area contributed by atoms with Crippen LogP contribution in [0.5, 0.6) is 5.75 Å². The molecule has 2 unspecified atom stereocenters. The Kier molecular flexibility index (Phi) is 5.00. The quantitative estimate of drug-likeness (QED) is 0.775. The van der Waals surface area contributed by atoms with Gasteiger partial charge >= 0.3 is 0 Å². The highest BCUT2D eigenvalue weighted by atomic mass is 16.5. The second-order valence-corrected chi connectivity index (χ2v) is 7.09. The Morgan fingerprint density at radius 2 is 1.88 bits per heavy atom. The number of piperidine rings is 1. The lowest BCUT2D eigenvalue weighted by Crippen LogP contribution is -2.57. The van der Waals surface area contributed by atoms with Gasteiger partial charge in [-0.1, -0.05) is 30.3 Å². The summed E-state index contributed by atoms with van der Waals surface area (Å²) < 4.78 is 11.1. The average molecular weight is 352 g/mol. The van der Waals surface area contributed by atoms with Gasteiger partial charge in [0.15, 0.2) is 5.78 Å². The molecular weight excluding hydrogens is 328 g/mol. The summed E-state index contributed by atoms with van der Waals surface area (Å²) in [4.78, 5) is 19.9. The molecule has 0 radical (unpaired) electrons. The van der Waals surface area contributed by atoms with Crippen LogP contribution in [0.3, 0.4) is 0 Å². The number of morpholine rings is 1. The summed E-state index contributed by atoms with van der Waals surface area (Å²) in [5.41, 5.74) is 1.76. The Labute approximate surface area is 153 Å². The second-order valence-electron chi connectivity index (χ2n) is 7.09. The third-order valence-electron chi connectivity index (χ3n) is 5.47. The number of pyridine rings is 1. The minimum Gasteiger partial charge on any atom is -0.494 e. The number of methoxy groups -OCH3 is 1. The molecular formula is C21H24N2O3. The number of carbonyl (C=O) groups excluding carboxylic acids is 1. The molecule has 2 aliphatic heterocycles. The average Bonchev–Trinajstić information content (AvgIpc) is 2.68. The number of benzene rings is 1. The van der Waals surface area contributed by atoms with Gasteiger partial charge in [0.05, 0.1) is 20.3 Å². The molecule has 0 spiro atoms. The number of nitrogens with zero attached hydrogens (tertiary/aromatic N) is 2. The molecule has 136 valence electrons. The molecule has 26 heavy (non-hydrogen) atoms. The molecule has 1 aromatic carbocycles. The molecule has 4 rings (SSSR count). The largest absolute Gasteiger partial charge is 0.494 e. The van der Waals surface area contributed by atoms with E-state index in [1.807, 2.05) is 6.07 Å². The fraction of sp³-hybridized carbons (Fsp3) is 0.429. The number of aromatic nitrogens is 1. The normalized spacial score (nSPS) is 25.7. The van der Waals surface area contributed by atoms with Crippen LogP contribution >= 0.6 is 0 Å². The van der Waals surface area contributed by atoms with Crippen molar-refractivity contribution in [3.05, 3.63) is 59.9 Å². The van der Waals surface area contributed by atoms with Gasteiger partial charge in [-0.2, -0.15) is 0 Å². The molecule has 3 heterocycles. The Morgan fingerprint density at radius 1 is 1.15 bits per heavy atom. The van der Waals surface area contributed by atoms with Gasteiger partial charge in [-0.3, -0.25) is 9.69 Å². The second kappa shape index (κ2) is 7.56. The van der Waals surface area contributed by atoms with Crippen molar-refractivity contribution in [3.63, 3.8) is 0 Å². The lowest BCUT2D eigenvalue weighted by Gasteiger charge is -2.48. The van der Waals surface area contributed by atoms with Gasteiger partial charge in [-0.15, -0.1) is 0 Å². The monoisotopic (exact) mass is 352 g/mol. The molecule has 2 aliphatic rings. The number of hydrogen-bond acceptors (Lipinski definition) is 5. The van der Waals surface area contributed by atoms with Gasteiger partial charge in [-0.25, -0.2) is 4.98 Å². The smallest absolute Gasteiger partial charge is 0.188 e. The number of Topliss-reactive ketones (excluding diaryl/α,β-unsaturated/α-hetero) is 1. The van der Waals surface area contributed by atoms with E-state index in [1.165, 1.54) is 5.56 Å². The molecule has 1 aromatic heterocycles. The predicted octanol–water partition coefficient (Wildman–Crippen LogP) is 2.95. The molecule has 2 aromatic rings. The Bertz CT molecular complexity index is 751. The van der Waals surface area contributed by atoms with Crippen molar-refractivity contribution in [1.29, 1.82) is 0 Å². The molecule has 5 heteroatoms. The van der Waals surface area contributed by atoms with Gasteiger partial charge in [0.25, 0.3) is 0 Å². The maximum atomic E-state index is 13.1. The van der Waals surface area contributed by atoms with Crippen LogP contribution in [-0.4, -0.2) is 48.1 Å². The predicted molar refractivity (Wildman–Crippen MR) is 98.2 cm³/mol. The maximum Gasteiger partial charge on any atom is 0.188 e. The van der Waals surface area contributed by atoms with E-state index < -0.39 is 0 Å². The van der Waals surface area contributed by atoms with E-state index in [0.717, 1.165) is 19.4 Å². The van der Waals surface area contributed by atoms with Crippen molar-refractivity contribution in [1.82, 2.24) is 9.88 Å². The van der Waals surface area contributed by atoms with Gasteiger partial charge in [0.2, 0.25) is 0 Å². The molecule has 0 N–H and O–H groups in total. The van der Waals surface area contributed by atoms with Crippen molar-refractivity contribution < 1.29 is 14.3 Å². The zero-order chi connectivity index (χ0) is 17.9. The number of hydrogen-bond donors (Lipinski definition) is 0. The molecule has 0 aliphatic carbocycles. The molecule has 2 saturated heterocycles. The van der Waals surface area contributed by atoms with Crippen LogP contribution in [0.1, 0.15) is 28.9 Å². The Hall–Kier alpha value is -2.24. The zero-order valence-electron chi connectivity index (χ0n) is 15.0. The standard InChI is InChI=1S/C21H24N2O3/c1-25-19-8-5-9-22-20(19)21(24)16-10-17-13-26-14-18(11-16)23(17)12-15-6-3-2-4-7-15/h2-9,16-18H,10-14H2,1H3. The summed E-state index contributed by atoms with van der Waals surface area (Å²) in [7, 11) is 1.58. The first kappa shape index (κ1) is 17.2. The van der Waals surface area contributed by atoms with Crippen molar-refractivity contribution >= 4 is 5.78 Å². The van der Waals surface area contributed by atoms with Crippen LogP contribution in [0.25, 0.3) is 0 Å². The minimum absolute atomic E-state index is 0.0234. The topological polar surface area (TPSA) is 51.7 Å². The van der Waals surface area contributed by atoms with E-state index in [1.54, 1.807) is 25.4 Å². The summed E-state index contributed by atoms with van der Waals surface area (Å²) in [5.74, 6) is 0.633.